The predicted octanol–water partition coefficient (Wildman–Crippen LogP) is 3.18. The van der Waals surface area contributed by atoms with Crippen molar-refractivity contribution in [3.05, 3.63) is 42.0 Å². The zero-order valence-electron chi connectivity index (χ0n) is 12.4. The van der Waals surface area contributed by atoms with Crippen LogP contribution in [-0.2, 0) is 0 Å². The Morgan fingerprint density at radius 3 is 2.86 bits per heavy atom. The normalized spacial score (nSPS) is 15.5. The molecule has 0 aliphatic carbocycles. The molecular weight excluding hydrogens is 296 g/mol. The molecule has 0 unspecified atom stereocenters. The number of hydrogen-bond acceptors (Lipinski definition) is 4. The quantitative estimate of drug-likeness (QED) is 0.911. The summed E-state index contributed by atoms with van der Waals surface area (Å²) >= 11 is 1.53. The van der Waals surface area contributed by atoms with Gasteiger partial charge < -0.3 is 10.2 Å². The summed E-state index contributed by atoms with van der Waals surface area (Å²) in [7, 11) is 0. The van der Waals surface area contributed by atoms with Crippen molar-refractivity contribution >= 4 is 28.1 Å². The molecule has 0 aromatic carbocycles. The number of carbonyl (C=O) groups excluding carboxylic acids is 1. The van der Waals surface area contributed by atoms with Crippen molar-refractivity contribution in [3.8, 4) is 0 Å². The zero-order chi connectivity index (χ0) is 15.2. The van der Waals surface area contributed by atoms with Gasteiger partial charge in [-0.3, -0.25) is 10.3 Å². The molecule has 6 heteroatoms. The number of pyridine rings is 1. The van der Waals surface area contributed by atoms with Crippen LogP contribution in [0.4, 0.5) is 15.5 Å². The Morgan fingerprint density at radius 1 is 1.32 bits per heavy atom. The van der Waals surface area contributed by atoms with E-state index in [1.54, 1.807) is 6.20 Å². The maximum atomic E-state index is 11.8. The molecule has 0 spiro atoms. The molecule has 2 N–H and O–H groups in total. The number of anilines is 2. The van der Waals surface area contributed by atoms with Crippen molar-refractivity contribution in [1.82, 2.24) is 10.3 Å². The summed E-state index contributed by atoms with van der Waals surface area (Å²) < 4.78 is 0. The lowest BCUT2D eigenvalue weighted by Gasteiger charge is -2.33. The van der Waals surface area contributed by atoms with Gasteiger partial charge in [-0.2, -0.15) is 0 Å². The van der Waals surface area contributed by atoms with Gasteiger partial charge in [0.15, 0.2) is 0 Å². The maximum Gasteiger partial charge on any atom is 0.319 e. The van der Waals surface area contributed by atoms with Crippen molar-refractivity contribution in [2.75, 3.05) is 29.9 Å². The SMILES string of the molecule is O=C(NCC1CCN(c2cccnc2)CC1)Nc1cccs1. The molecule has 22 heavy (non-hydrogen) atoms. The van der Waals surface area contributed by atoms with Crippen molar-refractivity contribution < 1.29 is 4.79 Å². The van der Waals surface area contributed by atoms with E-state index >= 15 is 0 Å². The first-order valence-corrected chi connectivity index (χ1v) is 8.42. The zero-order valence-corrected chi connectivity index (χ0v) is 13.2. The minimum Gasteiger partial charge on any atom is -0.370 e. The van der Waals surface area contributed by atoms with Crippen LogP contribution in [0.2, 0.25) is 0 Å². The highest BCUT2D eigenvalue weighted by Gasteiger charge is 2.20. The summed E-state index contributed by atoms with van der Waals surface area (Å²) in [6, 6.07) is 7.78. The van der Waals surface area contributed by atoms with E-state index < -0.39 is 0 Å². The first kappa shape index (κ1) is 14.8. The van der Waals surface area contributed by atoms with Crippen LogP contribution in [0, 0.1) is 5.92 Å². The van der Waals surface area contributed by atoms with Crippen molar-refractivity contribution in [2.45, 2.75) is 12.8 Å². The van der Waals surface area contributed by atoms with E-state index in [1.165, 1.54) is 17.0 Å². The summed E-state index contributed by atoms with van der Waals surface area (Å²) in [5.74, 6) is 0.544. The Hall–Kier alpha value is -2.08. The number of thiophene rings is 1. The van der Waals surface area contributed by atoms with Gasteiger partial charge in [0.25, 0.3) is 0 Å². The minimum atomic E-state index is -0.114. The van der Waals surface area contributed by atoms with Crippen molar-refractivity contribution in [3.63, 3.8) is 0 Å². The van der Waals surface area contributed by atoms with Gasteiger partial charge in [-0.05, 0) is 48.4 Å². The first-order chi connectivity index (χ1) is 10.8. The second-order valence-electron chi connectivity index (χ2n) is 5.45. The molecule has 0 radical (unpaired) electrons. The lowest BCUT2D eigenvalue weighted by molar-refractivity contribution is 0.248. The monoisotopic (exact) mass is 316 g/mol. The van der Waals surface area contributed by atoms with Gasteiger partial charge >= 0.3 is 6.03 Å². The minimum absolute atomic E-state index is 0.114. The molecule has 0 atom stereocenters. The Kier molecular flexibility index (Phi) is 4.90. The van der Waals surface area contributed by atoms with Crippen LogP contribution in [0.1, 0.15) is 12.8 Å². The molecule has 1 aliphatic heterocycles. The van der Waals surface area contributed by atoms with Crippen LogP contribution >= 0.6 is 11.3 Å². The van der Waals surface area contributed by atoms with E-state index in [-0.39, 0.29) is 6.03 Å². The van der Waals surface area contributed by atoms with Crippen LogP contribution in [0.15, 0.2) is 42.0 Å². The van der Waals surface area contributed by atoms with E-state index in [0.29, 0.717) is 5.92 Å². The molecule has 2 amide bonds. The van der Waals surface area contributed by atoms with Crippen LogP contribution < -0.4 is 15.5 Å². The number of urea groups is 1. The topological polar surface area (TPSA) is 57.3 Å². The summed E-state index contributed by atoms with van der Waals surface area (Å²) in [5, 5.41) is 8.64. The highest BCUT2D eigenvalue weighted by Crippen LogP contribution is 2.22. The summed E-state index contributed by atoms with van der Waals surface area (Å²) in [5.41, 5.74) is 1.18. The highest BCUT2D eigenvalue weighted by atomic mass is 32.1. The van der Waals surface area contributed by atoms with Gasteiger partial charge in [-0.15, -0.1) is 11.3 Å². The molecule has 2 aromatic heterocycles. The largest absolute Gasteiger partial charge is 0.370 e. The van der Waals surface area contributed by atoms with Crippen molar-refractivity contribution in [1.29, 1.82) is 0 Å². The van der Waals surface area contributed by atoms with E-state index in [1.807, 2.05) is 29.8 Å². The van der Waals surface area contributed by atoms with E-state index in [4.69, 9.17) is 0 Å². The third kappa shape index (κ3) is 3.98. The summed E-state index contributed by atoms with van der Waals surface area (Å²) in [6.07, 6.45) is 5.89. The van der Waals surface area contributed by atoms with Crippen LogP contribution in [0.3, 0.4) is 0 Å². The number of nitrogens with one attached hydrogen (secondary N) is 2. The fraction of sp³-hybridized carbons (Fsp3) is 0.375. The van der Waals surface area contributed by atoms with Gasteiger partial charge in [0, 0.05) is 25.8 Å². The molecule has 0 bridgehead atoms. The molecule has 3 rings (SSSR count). The van der Waals surface area contributed by atoms with Crippen LogP contribution in [0.5, 0.6) is 0 Å². The molecule has 116 valence electrons. The Labute approximate surface area is 134 Å². The summed E-state index contributed by atoms with van der Waals surface area (Å²) in [4.78, 5) is 18.3. The molecule has 0 saturated carbocycles. The van der Waals surface area contributed by atoms with Gasteiger partial charge in [-0.1, -0.05) is 0 Å². The average Bonchev–Trinajstić information content (AvgIpc) is 3.07. The second kappa shape index (κ2) is 7.26. The third-order valence-electron chi connectivity index (χ3n) is 3.93. The van der Waals surface area contributed by atoms with Crippen LogP contribution in [0.25, 0.3) is 0 Å². The van der Waals surface area contributed by atoms with Gasteiger partial charge in [0.05, 0.1) is 16.9 Å². The standard InChI is InChI=1S/C16H20N4OS/c21-16(19-15-4-2-10-22-15)18-11-13-5-8-20(9-6-13)14-3-1-7-17-12-14/h1-4,7,10,12-13H,5-6,8-9,11H2,(H2,18,19,21). The van der Waals surface area contributed by atoms with Crippen LogP contribution in [-0.4, -0.2) is 30.6 Å². The molecule has 5 nitrogen and oxygen atoms in total. The van der Waals surface area contributed by atoms with Crippen molar-refractivity contribution in [2.24, 2.45) is 5.92 Å². The Balaban J connectivity index is 1.40. The number of nitrogens with zero attached hydrogens (tertiary/aromatic N) is 2. The number of aromatic nitrogens is 1. The van der Waals surface area contributed by atoms with E-state index in [2.05, 4.69) is 26.6 Å². The van der Waals surface area contributed by atoms with E-state index in [0.717, 1.165) is 37.5 Å². The number of rotatable bonds is 4. The van der Waals surface area contributed by atoms with Gasteiger partial charge in [-0.25, -0.2) is 4.79 Å². The maximum absolute atomic E-state index is 11.8. The molecule has 1 fully saturated rings. The molecule has 2 aromatic rings. The molecule has 1 aliphatic rings. The van der Waals surface area contributed by atoms with Gasteiger partial charge in [0.1, 0.15) is 0 Å². The fourth-order valence-electron chi connectivity index (χ4n) is 2.68. The van der Waals surface area contributed by atoms with Gasteiger partial charge in [0.2, 0.25) is 0 Å². The highest BCUT2D eigenvalue weighted by molar-refractivity contribution is 7.14. The first-order valence-electron chi connectivity index (χ1n) is 7.54. The smallest absolute Gasteiger partial charge is 0.319 e. The molecular formula is C16H20N4OS. The number of piperidine rings is 1. The molecule has 3 heterocycles. The predicted molar refractivity (Wildman–Crippen MR) is 90.5 cm³/mol. The summed E-state index contributed by atoms with van der Waals surface area (Å²) in [6.45, 7) is 2.77. The number of hydrogen-bond donors (Lipinski definition) is 2. The lowest BCUT2D eigenvalue weighted by Crippen LogP contribution is -2.39. The average molecular weight is 316 g/mol. The number of carbonyl (C=O) groups is 1. The Morgan fingerprint density at radius 2 is 2.18 bits per heavy atom. The fourth-order valence-corrected chi connectivity index (χ4v) is 3.29. The third-order valence-corrected chi connectivity index (χ3v) is 4.72. The van der Waals surface area contributed by atoms with E-state index in [9.17, 15) is 4.79 Å². The second-order valence-corrected chi connectivity index (χ2v) is 6.40. The Bertz CT molecular complexity index is 579. The molecule has 1 saturated heterocycles. The number of amides is 2. The lowest BCUT2D eigenvalue weighted by atomic mass is 9.96.